The van der Waals surface area contributed by atoms with Crippen LogP contribution >= 0.6 is 22.9 Å². The number of anilines is 2. The number of benzene rings is 1. The number of rotatable bonds is 7. The molecule has 10 nitrogen and oxygen atoms in total. The van der Waals surface area contributed by atoms with Gasteiger partial charge in [0, 0.05) is 62.7 Å². The molecule has 2 aromatic rings. The van der Waals surface area contributed by atoms with E-state index >= 15 is 0 Å². The molecular formula is C33H42ClF3N6O4S. The van der Waals surface area contributed by atoms with Crippen LogP contribution in [0.3, 0.4) is 0 Å². The molecule has 4 amide bonds. The lowest BCUT2D eigenvalue weighted by molar-refractivity contribution is -0.142. The summed E-state index contributed by atoms with van der Waals surface area (Å²) in [4.78, 5) is 47.7. The van der Waals surface area contributed by atoms with Crippen molar-refractivity contribution >= 4 is 52.3 Å². The van der Waals surface area contributed by atoms with Crippen molar-refractivity contribution in [2.45, 2.75) is 82.3 Å². The topological polar surface area (TPSA) is 97.5 Å². The summed E-state index contributed by atoms with van der Waals surface area (Å²) in [5, 5.41) is 9.22. The maximum atomic E-state index is 14.0. The molecule has 0 spiro atoms. The summed E-state index contributed by atoms with van der Waals surface area (Å²) in [5.41, 5.74) is 0.819. The van der Waals surface area contributed by atoms with Gasteiger partial charge < -0.3 is 35.0 Å². The molecule has 48 heavy (non-hydrogen) atoms. The Morgan fingerprint density at radius 1 is 1.00 bits per heavy atom. The Bertz CT molecular complexity index is 1490. The van der Waals surface area contributed by atoms with Crippen molar-refractivity contribution in [3.05, 3.63) is 44.6 Å². The number of thiophene rings is 1. The average Bonchev–Trinajstić information content (AvgIpc) is 3.54. The van der Waals surface area contributed by atoms with Gasteiger partial charge in [-0.1, -0.05) is 18.0 Å². The van der Waals surface area contributed by atoms with E-state index in [9.17, 15) is 27.6 Å². The van der Waals surface area contributed by atoms with Crippen molar-refractivity contribution in [3.63, 3.8) is 0 Å². The lowest BCUT2D eigenvalue weighted by Crippen LogP contribution is -2.53. The molecule has 1 aromatic carbocycles. The molecule has 1 aromatic heterocycles. The van der Waals surface area contributed by atoms with Crippen LogP contribution in [0.4, 0.5) is 34.1 Å². The molecule has 262 valence electrons. The van der Waals surface area contributed by atoms with Crippen LogP contribution in [0.25, 0.3) is 0 Å². The molecule has 6 rings (SSSR count). The van der Waals surface area contributed by atoms with Crippen molar-refractivity contribution in [2.75, 3.05) is 56.9 Å². The van der Waals surface area contributed by atoms with Crippen LogP contribution < -0.4 is 10.6 Å². The Balaban J connectivity index is 1.14. The molecule has 0 bridgehead atoms. The monoisotopic (exact) mass is 710 g/mol. The van der Waals surface area contributed by atoms with Gasteiger partial charge >= 0.3 is 18.3 Å². The molecule has 0 aliphatic carbocycles. The lowest BCUT2D eigenvalue weighted by atomic mass is 9.98. The van der Waals surface area contributed by atoms with Gasteiger partial charge in [-0.2, -0.15) is 13.2 Å². The van der Waals surface area contributed by atoms with E-state index in [1.807, 2.05) is 10.8 Å². The van der Waals surface area contributed by atoms with Gasteiger partial charge in [-0.3, -0.25) is 4.79 Å². The highest BCUT2D eigenvalue weighted by atomic mass is 35.5. The van der Waals surface area contributed by atoms with Crippen LogP contribution in [0, 0.1) is 0 Å². The van der Waals surface area contributed by atoms with Gasteiger partial charge in [-0.15, -0.1) is 11.3 Å². The Hall–Kier alpha value is -3.23. The average molecular weight is 711 g/mol. The normalized spacial score (nSPS) is 20.7. The third-order valence-corrected chi connectivity index (χ3v) is 11.2. The zero-order valence-electron chi connectivity index (χ0n) is 27.0. The quantitative estimate of drug-likeness (QED) is 0.341. The standard InChI is InChI=1S/C33H42ClF3N6O4S/c1-38-29-25(33(35,36)37)15-21(16-26(29)34)17-28(30(44)41-11-5-23(6-12-41)40-9-3-2-4-10-40)47-32(46)42-13-7-24(8-14-42)43-18-22-19-48-20-27(22)39-31(43)45/h15-16,19-20,23-24,28,38H,2-14,17-18H2,1H3,(H,39,45)/t28-/m1/s1. The molecule has 3 saturated heterocycles. The number of alkyl halides is 3. The van der Waals surface area contributed by atoms with Crippen molar-refractivity contribution in [1.29, 1.82) is 0 Å². The Morgan fingerprint density at radius 2 is 1.67 bits per heavy atom. The summed E-state index contributed by atoms with van der Waals surface area (Å²) in [6, 6.07) is 2.48. The van der Waals surface area contributed by atoms with Crippen molar-refractivity contribution in [1.82, 2.24) is 19.6 Å². The van der Waals surface area contributed by atoms with E-state index in [4.69, 9.17) is 16.3 Å². The number of carbonyl (C=O) groups excluding carboxylic acids is 3. The molecule has 0 radical (unpaired) electrons. The van der Waals surface area contributed by atoms with Gasteiger partial charge in [0.15, 0.2) is 6.10 Å². The fraction of sp³-hybridized carbons (Fsp3) is 0.606. The SMILES string of the molecule is CNc1c(Cl)cc(C[C@@H](OC(=O)N2CCC(N3Cc4cscc4NC3=O)CC2)C(=O)N2CCC(N3CCCCC3)CC2)cc1C(F)(F)F. The van der Waals surface area contributed by atoms with Crippen LogP contribution in [0.15, 0.2) is 22.9 Å². The zero-order chi connectivity index (χ0) is 34.0. The first-order chi connectivity index (χ1) is 23.0. The lowest BCUT2D eigenvalue weighted by Gasteiger charge is -2.41. The van der Waals surface area contributed by atoms with E-state index in [2.05, 4.69) is 15.5 Å². The van der Waals surface area contributed by atoms with Crippen LogP contribution in [0.2, 0.25) is 5.02 Å². The second-order valence-electron chi connectivity index (χ2n) is 13.1. The number of hydrogen-bond acceptors (Lipinski definition) is 7. The molecule has 3 fully saturated rings. The predicted molar refractivity (Wildman–Crippen MR) is 178 cm³/mol. The van der Waals surface area contributed by atoms with Gasteiger partial charge in [-0.05, 0) is 74.7 Å². The number of likely N-dealkylation sites (tertiary alicyclic amines) is 3. The molecular weight excluding hydrogens is 669 g/mol. The first-order valence-electron chi connectivity index (χ1n) is 16.7. The third kappa shape index (κ3) is 7.65. The van der Waals surface area contributed by atoms with Gasteiger partial charge in [0.1, 0.15) is 0 Å². The van der Waals surface area contributed by atoms with E-state index in [1.54, 1.807) is 9.80 Å². The van der Waals surface area contributed by atoms with Gasteiger partial charge in [0.25, 0.3) is 5.91 Å². The molecule has 1 atom stereocenters. The maximum Gasteiger partial charge on any atom is 0.418 e. The molecule has 4 aliphatic rings. The number of piperidine rings is 3. The summed E-state index contributed by atoms with van der Waals surface area (Å²) >= 11 is 7.80. The van der Waals surface area contributed by atoms with E-state index < -0.39 is 29.8 Å². The number of ether oxygens (including phenoxy) is 1. The Morgan fingerprint density at radius 3 is 2.33 bits per heavy atom. The summed E-state index contributed by atoms with van der Waals surface area (Å²) in [6.45, 7) is 4.20. The summed E-state index contributed by atoms with van der Waals surface area (Å²) < 4.78 is 47.8. The summed E-state index contributed by atoms with van der Waals surface area (Å²) in [5.74, 6) is -0.422. The Labute approximate surface area is 287 Å². The highest BCUT2D eigenvalue weighted by molar-refractivity contribution is 7.08. The summed E-state index contributed by atoms with van der Waals surface area (Å²) in [6.07, 6.45) is -0.763. The molecule has 5 heterocycles. The predicted octanol–water partition coefficient (Wildman–Crippen LogP) is 6.50. The van der Waals surface area contributed by atoms with E-state index in [1.165, 1.54) is 48.6 Å². The van der Waals surface area contributed by atoms with Crippen LogP contribution in [0.5, 0.6) is 0 Å². The number of urea groups is 1. The minimum Gasteiger partial charge on any atom is -0.436 e. The number of hydrogen-bond donors (Lipinski definition) is 2. The third-order valence-electron chi connectivity index (χ3n) is 10.1. The van der Waals surface area contributed by atoms with Crippen LogP contribution in [-0.2, 0) is 28.7 Å². The smallest absolute Gasteiger partial charge is 0.418 e. The van der Waals surface area contributed by atoms with Gasteiger partial charge in [0.2, 0.25) is 0 Å². The first kappa shape index (κ1) is 34.6. The fourth-order valence-electron chi connectivity index (χ4n) is 7.44. The van der Waals surface area contributed by atoms with E-state index in [-0.39, 0.29) is 34.8 Å². The molecule has 0 saturated carbocycles. The maximum absolute atomic E-state index is 14.0. The number of nitrogens with one attached hydrogen (secondary N) is 2. The highest BCUT2D eigenvalue weighted by Gasteiger charge is 2.39. The van der Waals surface area contributed by atoms with Gasteiger partial charge in [-0.25, -0.2) is 9.59 Å². The number of halogens is 4. The van der Waals surface area contributed by atoms with Crippen molar-refractivity contribution in [2.24, 2.45) is 0 Å². The number of carbonyl (C=O) groups is 3. The van der Waals surface area contributed by atoms with Crippen LogP contribution in [-0.4, -0.2) is 102 Å². The number of nitrogens with zero attached hydrogens (tertiary/aromatic N) is 4. The number of amides is 4. The van der Waals surface area contributed by atoms with Gasteiger partial charge in [0.05, 0.1) is 28.5 Å². The van der Waals surface area contributed by atoms with E-state index in [0.717, 1.165) is 43.2 Å². The minimum atomic E-state index is -4.69. The second-order valence-corrected chi connectivity index (χ2v) is 14.2. The molecule has 4 aliphatic heterocycles. The fourth-order valence-corrected chi connectivity index (χ4v) is 8.56. The molecule has 0 unspecified atom stereocenters. The van der Waals surface area contributed by atoms with Crippen molar-refractivity contribution in [3.8, 4) is 0 Å². The van der Waals surface area contributed by atoms with E-state index in [0.29, 0.717) is 51.6 Å². The molecule has 15 heteroatoms. The largest absolute Gasteiger partial charge is 0.436 e. The highest BCUT2D eigenvalue weighted by Crippen LogP contribution is 2.40. The summed E-state index contributed by atoms with van der Waals surface area (Å²) in [7, 11) is 1.36. The number of fused-ring (bicyclic) bond motifs is 1. The first-order valence-corrected chi connectivity index (χ1v) is 18.0. The molecule has 2 N–H and O–H groups in total. The minimum absolute atomic E-state index is 0.0747. The van der Waals surface area contributed by atoms with Crippen LogP contribution in [0.1, 0.15) is 61.6 Å². The second kappa shape index (κ2) is 14.7. The van der Waals surface area contributed by atoms with Crippen molar-refractivity contribution < 1.29 is 32.3 Å². The zero-order valence-corrected chi connectivity index (χ0v) is 28.6. The Kier molecular flexibility index (Phi) is 10.6.